The second-order valence-corrected chi connectivity index (χ2v) is 10.5. The zero-order chi connectivity index (χ0) is 16.7. The monoisotopic (exact) mass is 345 g/mol. The van der Waals surface area contributed by atoms with Crippen molar-refractivity contribution in [2.45, 2.75) is 30.1 Å². The summed E-state index contributed by atoms with van der Waals surface area (Å²) in [5.74, 6) is 0.955. The SMILES string of the molecule is C[C@@H]1C[C@H](C)CN(c2ccc(S(C)(=O)=O)cc2S(C)(=O)=O)C1. The van der Waals surface area contributed by atoms with Gasteiger partial charge in [-0.05, 0) is 36.5 Å². The highest BCUT2D eigenvalue weighted by atomic mass is 32.2. The summed E-state index contributed by atoms with van der Waals surface area (Å²) in [5.41, 5.74) is 0.605. The van der Waals surface area contributed by atoms with E-state index in [1.807, 2.05) is 0 Å². The Hall–Kier alpha value is -1.08. The molecule has 0 aliphatic carbocycles. The molecule has 0 unspecified atom stereocenters. The summed E-state index contributed by atoms with van der Waals surface area (Å²) in [6.07, 6.45) is 3.32. The lowest BCUT2D eigenvalue weighted by molar-refractivity contribution is 0.356. The first-order valence-electron chi connectivity index (χ1n) is 7.27. The van der Waals surface area contributed by atoms with Crippen LogP contribution in [0.3, 0.4) is 0 Å². The largest absolute Gasteiger partial charge is 0.370 e. The fourth-order valence-electron chi connectivity index (χ4n) is 3.14. The molecule has 2 rings (SSSR count). The second kappa shape index (κ2) is 5.85. The molecule has 2 atom stereocenters. The molecule has 0 N–H and O–H groups in total. The van der Waals surface area contributed by atoms with Crippen molar-refractivity contribution in [1.82, 2.24) is 0 Å². The molecule has 0 amide bonds. The average Bonchev–Trinajstić information content (AvgIpc) is 2.34. The summed E-state index contributed by atoms with van der Waals surface area (Å²) in [5, 5.41) is 0. The molecule has 1 fully saturated rings. The first-order chi connectivity index (χ1) is 9.98. The van der Waals surface area contributed by atoms with E-state index in [1.165, 1.54) is 12.1 Å². The quantitative estimate of drug-likeness (QED) is 0.837. The highest BCUT2D eigenvalue weighted by molar-refractivity contribution is 7.91. The highest BCUT2D eigenvalue weighted by Crippen LogP contribution is 2.32. The number of benzene rings is 1. The van der Waals surface area contributed by atoms with E-state index in [2.05, 4.69) is 18.7 Å². The zero-order valence-electron chi connectivity index (χ0n) is 13.4. The van der Waals surface area contributed by atoms with Gasteiger partial charge in [0, 0.05) is 25.6 Å². The van der Waals surface area contributed by atoms with Crippen molar-refractivity contribution in [1.29, 1.82) is 0 Å². The lowest BCUT2D eigenvalue weighted by Crippen LogP contribution is -2.39. The van der Waals surface area contributed by atoms with Crippen molar-refractivity contribution >= 4 is 25.4 Å². The van der Waals surface area contributed by atoms with Crippen LogP contribution in [-0.2, 0) is 19.7 Å². The van der Waals surface area contributed by atoms with Crippen LogP contribution in [0.5, 0.6) is 0 Å². The van der Waals surface area contributed by atoms with E-state index in [0.717, 1.165) is 32.0 Å². The van der Waals surface area contributed by atoms with Crippen molar-refractivity contribution < 1.29 is 16.8 Å². The molecular formula is C15H23NO4S2. The van der Waals surface area contributed by atoms with Gasteiger partial charge in [0.15, 0.2) is 19.7 Å². The number of sulfone groups is 2. The molecule has 1 heterocycles. The lowest BCUT2D eigenvalue weighted by Gasteiger charge is -2.37. The van der Waals surface area contributed by atoms with E-state index in [-0.39, 0.29) is 9.79 Å². The molecular weight excluding hydrogens is 322 g/mol. The minimum atomic E-state index is -3.51. The minimum absolute atomic E-state index is 0.0368. The molecule has 0 radical (unpaired) electrons. The van der Waals surface area contributed by atoms with E-state index in [1.54, 1.807) is 6.07 Å². The number of nitrogens with zero attached hydrogens (tertiary/aromatic N) is 1. The van der Waals surface area contributed by atoms with Crippen LogP contribution >= 0.6 is 0 Å². The highest BCUT2D eigenvalue weighted by Gasteiger charge is 2.27. The maximum atomic E-state index is 12.1. The Balaban J connectivity index is 2.56. The Morgan fingerprint density at radius 1 is 0.955 bits per heavy atom. The van der Waals surface area contributed by atoms with Gasteiger partial charge in [0.05, 0.1) is 15.5 Å². The molecule has 1 aromatic carbocycles. The van der Waals surface area contributed by atoms with E-state index in [0.29, 0.717) is 17.5 Å². The molecule has 0 bridgehead atoms. The van der Waals surface area contributed by atoms with Crippen molar-refractivity contribution in [3.63, 3.8) is 0 Å². The van der Waals surface area contributed by atoms with E-state index < -0.39 is 19.7 Å². The van der Waals surface area contributed by atoms with Gasteiger partial charge in [0.25, 0.3) is 0 Å². The molecule has 22 heavy (non-hydrogen) atoms. The standard InChI is InChI=1S/C15H23NO4S2/c1-11-7-12(2)10-16(9-11)14-6-5-13(21(3,17)18)8-15(14)22(4,19)20/h5-6,8,11-12H,7,9-10H2,1-4H3/t11-,12+. The van der Waals surface area contributed by atoms with Crippen LogP contribution in [0.2, 0.25) is 0 Å². The third-order valence-electron chi connectivity index (χ3n) is 3.97. The van der Waals surface area contributed by atoms with Crippen LogP contribution in [0.4, 0.5) is 5.69 Å². The molecule has 0 saturated carbocycles. The van der Waals surface area contributed by atoms with E-state index in [4.69, 9.17) is 0 Å². The van der Waals surface area contributed by atoms with Gasteiger partial charge in [-0.15, -0.1) is 0 Å². The fraction of sp³-hybridized carbons (Fsp3) is 0.600. The van der Waals surface area contributed by atoms with Crippen molar-refractivity contribution in [2.75, 3.05) is 30.5 Å². The average molecular weight is 345 g/mol. The smallest absolute Gasteiger partial charge is 0.177 e. The van der Waals surface area contributed by atoms with Gasteiger partial charge >= 0.3 is 0 Å². The van der Waals surface area contributed by atoms with E-state index >= 15 is 0 Å². The van der Waals surface area contributed by atoms with E-state index in [9.17, 15) is 16.8 Å². The Kier molecular flexibility index (Phi) is 4.59. The topological polar surface area (TPSA) is 71.5 Å². The van der Waals surface area contributed by atoms with Crippen molar-refractivity contribution in [3.05, 3.63) is 18.2 Å². The zero-order valence-corrected chi connectivity index (χ0v) is 15.0. The van der Waals surface area contributed by atoms with Crippen LogP contribution < -0.4 is 4.90 Å². The summed E-state index contributed by atoms with van der Waals surface area (Å²) in [6, 6.07) is 4.39. The fourth-order valence-corrected chi connectivity index (χ4v) is 4.78. The second-order valence-electron chi connectivity index (χ2n) is 6.52. The van der Waals surface area contributed by atoms with Gasteiger partial charge in [0.2, 0.25) is 0 Å². The summed E-state index contributed by atoms with van der Waals surface area (Å²) in [6.45, 7) is 5.86. The van der Waals surface area contributed by atoms with Crippen LogP contribution in [0.15, 0.2) is 28.0 Å². The molecule has 1 aliphatic heterocycles. The maximum absolute atomic E-state index is 12.1. The predicted octanol–water partition coefficient (Wildman–Crippen LogP) is 1.98. The first kappa shape index (κ1) is 17.3. The van der Waals surface area contributed by atoms with Crippen LogP contribution in [0, 0.1) is 11.8 Å². The van der Waals surface area contributed by atoms with Crippen LogP contribution in [0.25, 0.3) is 0 Å². The minimum Gasteiger partial charge on any atom is -0.370 e. The maximum Gasteiger partial charge on any atom is 0.177 e. The molecule has 124 valence electrons. The number of anilines is 1. The summed E-state index contributed by atoms with van der Waals surface area (Å²) >= 11 is 0. The van der Waals surface area contributed by atoms with Crippen molar-refractivity contribution in [3.8, 4) is 0 Å². The van der Waals surface area contributed by atoms with Gasteiger partial charge in [-0.25, -0.2) is 16.8 Å². The molecule has 1 aliphatic rings. The molecule has 1 aromatic rings. The third kappa shape index (κ3) is 3.81. The lowest BCUT2D eigenvalue weighted by atomic mass is 9.91. The number of hydrogen-bond donors (Lipinski definition) is 0. The van der Waals surface area contributed by atoms with Crippen LogP contribution in [0.1, 0.15) is 20.3 Å². The Morgan fingerprint density at radius 2 is 1.50 bits per heavy atom. The van der Waals surface area contributed by atoms with Crippen LogP contribution in [-0.4, -0.2) is 42.4 Å². The Bertz CT molecular complexity index is 759. The normalized spacial score (nSPS) is 23.5. The first-order valence-corrected chi connectivity index (χ1v) is 11.1. The molecule has 0 aromatic heterocycles. The van der Waals surface area contributed by atoms with Gasteiger partial charge in [-0.2, -0.15) is 0 Å². The van der Waals surface area contributed by atoms with Gasteiger partial charge in [0.1, 0.15) is 0 Å². The summed E-state index contributed by atoms with van der Waals surface area (Å²) in [4.78, 5) is 2.19. The summed E-state index contributed by atoms with van der Waals surface area (Å²) < 4.78 is 47.6. The Morgan fingerprint density at radius 3 is 1.95 bits per heavy atom. The molecule has 7 heteroatoms. The van der Waals surface area contributed by atoms with Crippen molar-refractivity contribution in [2.24, 2.45) is 11.8 Å². The van der Waals surface area contributed by atoms with Gasteiger partial charge in [-0.1, -0.05) is 13.8 Å². The van der Waals surface area contributed by atoms with Gasteiger partial charge in [-0.3, -0.25) is 0 Å². The molecule has 0 spiro atoms. The predicted molar refractivity (Wildman–Crippen MR) is 87.8 cm³/mol. The van der Waals surface area contributed by atoms with Gasteiger partial charge < -0.3 is 4.90 Å². The summed E-state index contributed by atoms with van der Waals surface area (Å²) in [7, 11) is -6.94. The molecule has 5 nitrogen and oxygen atoms in total. The Labute approximate surface area is 133 Å². The number of piperidine rings is 1. The molecule has 1 saturated heterocycles. The third-order valence-corrected chi connectivity index (χ3v) is 6.20. The number of rotatable bonds is 3. The number of hydrogen-bond acceptors (Lipinski definition) is 5.